The molecule has 20 heavy (non-hydrogen) atoms. The molecule has 2 rings (SSSR count). The first-order valence-corrected chi connectivity index (χ1v) is 7.68. The van der Waals surface area contributed by atoms with E-state index in [1.54, 1.807) is 0 Å². The predicted octanol–water partition coefficient (Wildman–Crippen LogP) is 3.36. The molecule has 0 saturated heterocycles. The topological polar surface area (TPSA) is 32.3 Å². The molecule has 0 atom stereocenters. The molecule has 0 spiro atoms. The van der Waals surface area contributed by atoms with Gasteiger partial charge >= 0.3 is 0 Å². The van der Waals surface area contributed by atoms with Crippen LogP contribution in [0.1, 0.15) is 37.3 Å². The van der Waals surface area contributed by atoms with Crippen LogP contribution < -0.4 is 5.32 Å². The summed E-state index contributed by atoms with van der Waals surface area (Å²) in [6.07, 6.45) is 3.77. The maximum atomic E-state index is 12.1. The Labute approximate surface area is 122 Å². The van der Waals surface area contributed by atoms with Crippen LogP contribution >= 0.6 is 0 Å². The molecule has 1 fully saturated rings. The Morgan fingerprint density at radius 1 is 1.30 bits per heavy atom. The van der Waals surface area contributed by atoms with Gasteiger partial charge in [0.2, 0.25) is 5.91 Å². The molecule has 1 saturated carbocycles. The molecular weight excluding hydrogens is 248 g/mol. The fraction of sp³-hybridized carbons (Fsp3) is 0.588. The lowest BCUT2D eigenvalue weighted by Crippen LogP contribution is -2.35. The zero-order valence-electron chi connectivity index (χ0n) is 12.9. The van der Waals surface area contributed by atoms with Gasteiger partial charge in [-0.2, -0.15) is 0 Å². The molecular formula is C17H26N2O. The van der Waals surface area contributed by atoms with Crippen LogP contribution in [0.15, 0.2) is 18.2 Å². The number of anilines is 1. The number of carbonyl (C=O) groups excluding carboxylic acids is 1. The van der Waals surface area contributed by atoms with Crippen LogP contribution in [0.2, 0.25) is 0 Å². The van der Waals surface area contributed by atoms with Gasteiger partial charge in [0, 0.05) is 12.2 Å². The highest BCUT2D eigenvalue weighted by atomic mass is 16.2. The average molecular weight is 274 g/mol. The van der Waals surface area contributed by atoms with E-state index in [9.17, 15) is 4.79 Å². The van der Waals surface area contributed by atoms with Crippen LogP contribution in [-0.4, -0.2) is 30.4 Å². The first-order chi connectivity index (χ1) is 9.58. The van der Waals surface area contributed by atoms with Crippen molar-refractivity contribution in [3.63, 3.8) is 0 Å². The van der Waals surface area contributed by atoms with Crippen molar-refractivity contribution in [1.82, 2.24) is 4.90 Å². The van der Waals surface area contributed by atoms with E-state index in [0.717, 1.165) is 31.1 Å². The van der Waals surface area contributed by atoms with Gasteiger partial charge in [0.15, 0.2) is 0 Å². The normalized spacial score (nSPS) is 14.6. The quantitative estimate of drug-likeness (QED) is 0.827. The Morgan fingerprint density at radius 3 is 2.65 bits per heavy atom. The summed E-state index contributed by atoms with van der Waals surface area (Å²) in [7, 11) is 0. The minimum atomic E-state index is 0.0994. The van der Waals surface area contributed by atoms with Gasteiger partial charge in [-0.15, -0.1) is 0 Å². The molecule has 0 aliphatic heterocycles. The van der Waals surface area contributed by atoms with E-state index in [1.807, 2.05) is 12.1 Å². The Kier molecular flexibility index (Phi) is 5.18. The number of hydrogen-bond donors (Lipinski definition) is 1. The maximum Gasteiger partial charge on any atom is 0.238 e. The number of nitrogens with one attached hydrogen (secondary N) is 1. The molecule has 1 N–H and O–H groups in total. The number of amides is 1. The molecule has 0 heterocycles. The largest absolute Gasteiger partial charge is 0.325 e. The van der Waals surface area contributed by atoms with Crippen LogP contribution in [0.4, 0.5) is 5.69 Å². The van der Waals surface area contributed by atoms with Crippen molar-refractivity contribution >= 4 is 11.6 Å². The van der Waals surface area contributed by atoms with Crippen molar-refractivity contribution in [1.29, 1.82) is 0 Å². The van der Waals surface area contributed by atoms with Gasteiger partial charge in [-0.25, -0.2) is 0 Å². The summed E-state index contributed by atoms with van der Waals surface area (Å²) in [5, 5.41) is 3.01. The van der Waals surface area contributed by atoms with E-state index in [2.05, 4.69) is 37.1 Å². The van der Waals surface area contributed by atoms with Crippen LogP contribution in [-0.2, 0) is 4.79 Å². The molecule has 0 radical (unpaired) electrons. The zero-order valence-corrected chi connectivity index (χ0v) is 12.9. The number of aryl methyl sites for hydroxylation is 2. The molecule has 1 aliphatic rings. The van der Waals surface area contributed by atoms with Gasteiger partial charge in [-0.05, 0) is 68.8 Å². The molecule has 3 heteroatoms. The van der Waals surface area contributed by atoms with Crippen molar-refractivity contribution in [2.75, 3.05) is 25.0 Å². The van der Waals surface area contributed by atoms with Gasteiger partial charge in [-0.3, -0.25) is 9.69 Å². The van der Waals surface area contributed by atoms with Crippen molar-refractivity contribution in [2.24, 2.45) is 5.92 Å². The summed E-state index contributed by atoms with van der Waals surface area (Å²) in [5.41, 5.74) is 3.37. The van der Waals surface area contributed by atoms with E-state index < -0.39 is 0 Å². The Morgan fingerprint density at radius 2 is 2.05 bits per heavy atom. The third-order valence-corrected chi connectivity index (χ3v) is 3.91. The number of nitrogens with zero attached hydrogens (tertiary/aromatic N) is 1. The van der Waals surface area contributed by atoms with E-state index in [4.69, 9.17) is 0 Å². The molecule has 3 nitrogen and oxygen atoms in total. The third-order valence-electron chi connectivity index (χ3n) is 3.91. The number of rotatable bonds is 7. The van der Waals surface area contributed by atoms with Gasteiger partial charge in [0.25, 0.3) is 0 Å². The molecule has 0 unspecified atom stereocenters. The fourth-order valence-electron chi connectivity index (χ4n) is 2.44. The average Bonchev–Trinajstić information content (AvgIpc) is 3.18. The highest BCUT2D eigenvalue weighted by Crippen LogP contribution is 2.29. The SMILES string of the molecule is CCCN(CC(=O)Nc1ccc(C)c(C)c1)CC1CC1. The van der Waals surface area contributed by atoms with Gasteiger partial charge in [0.05, 0.1) is 6.54 Å². The lowest BCUT2D eigenvalue weighted by Gasteiger charge is -2.21. The number of benzene rings is 1. The van der Waals surface area contributed by atoms with Crippen LogP contribution in [0.25, 0.3) is 0 Å². The number of carbonyl (C=O) groups is 1. The molecule has 0 bridgehead atoms. The number of hydrogen-bond acceptors (Lipinski definition) is 2. The summed E-state index contributed by atoms with van der Waals surface area (Å²) in [4.78, 5) is 14.4. The van der Waals surface area contributed by atoms with Crippen molar-refractivity contribution < 1.29 is 4.79 Å². The highest BCUT2D eigenvalue weighted by Gasteiger charge is 2.24. The van der Waals surface area contributed by atoms with E-state index in [1.165, 1.54) is 24.0 Å². The Bertz CT molecular complexity index is 466. The van der Waals surface area contributed by atoms with Crippen LogP contribution in [0.3, 0.4) is 0 Å². The second-order valence-corrected chi connectivity index (χ2v) is 6.03. The van der Waals surface area contributed by atoms with Crippen molar-refractivity contribution in [3.8, 4) is 0 Å². The van der Waals surface area contributed by atoms with Crippen LogP contribution in [0.5, 0.6) is 0 Å². The minimum Gasteiger partial charge on any atom is -0.325 e. The molecule has 1 aromatic carbocycles. The van der Waals surface area contributed by atoms with Gasteiger partial charge in [0.1, 0.15) is 0 Å². The Balaban J connectivity index is 1.87. The lowest BCUT2D eigenvalue weighted by molar-refractivity contribution is -0.117. The highest BCUT2D eigenvalue weighted by molar-refractivity contribution is 5.92. The van der Waals surface area contributed by atoms with E-state index in [-0.39, 0.29) is 5.91 Å². The second kappa shape index (κ2) is 6.89. The summed E-state index contributed by atoms with van der Waals surface area (Å²) in [6, 6.07) is 6.07. The molecule has 1 amide bonds. The predicted molar refractivity (Wildman–Crippen MR) is 84.0 cm³/mol. The summed E-state index contributed by atoms with van der Waals surface area (Å²) >= 11 is 0. The molecule has 110 valence electrons. The lowest BCUT2D eigenvalue weighted by atomic mass is 10.1. The standard InChI is InChI=1S/C17H26N2O/c1-4-9-19(11-15-6-7-15)12-17(20)18-16-8-5-13(2)14(3)10-16/h5,8,10,15H,4,6-7,9,11-12H2,1-3H3,(H,18,20). The summed E-state index contributed by atoms with van der Waals surface area (Å²) in [5.74, 6) is 0.929. The maximum absolute atomic E-state index is 12.1. The van der Waals surface area contributed by atoms with Crippen LogP contribution in [0, 0.1) is 19.8 Å². The van der Waals surface area contributed by atoms with Gasteiger partial charge in [-0.1, -0.05) is 13.0 Å². The first-order valence-electron chi connectivity index (χ1n) is 7.68. The monoisotopic (exact) mass is 274 g/mol. The Hall–Kier alpha value is -1.35. The van der Waals surface area contributed by atoms with Crippen molar-refractivity contribution in [2.45, 2.75) is 40.0 Å². The molecule has 0 aromatic heterocycles. The minimum absolute atomic E-state index is 0.0994. The summed E-state index contributed by atoms with van der Waals surface area (Å²) in [6.45, 7) is 8.92. The molecule has 1 aromatic rings. The van der Waals surface area contributed by atoms with E-state index in [0.29, 0.717) is 6.54 Å². The first kappa shape index (κ1) is 15.0. The fourth-order valence-corrected chi connectivity index (χ4v) is 2.44. The zero-order chi connectivity index (χ0) is 14.5. The van der Waals surface area contributed by atoms with E-state index >= 15 is 0 Å². The van der Waals surface area contributed by atoms with Crippen molar-refractivity contribution in [3.05, 3.63) is 29.3 Å². The van der Waals surface area contributed by atoms with Gasteiger partial charge < -0.3 is 5.32 Å². The smallest absolute Gasteiger partial charge is 0.238 e. The molecule has 1 aliphatic carbocycles. The third kappa shape index (κ3) is 4.64. The summed E-state index contributed by atoms with van der Waals surface area (Å²) < 4.78 is 0. The second-order valence-electron chi connectivity index (χ2n) is 6.03.